The second-order valence-corrected chi connectivity index (χ2v) is 6.12. The molecule has 0 spiro atoms. The molecule has 0 radical (unpaired) electrons. The normalized spacial score (nSPS) is 16.3. The summed E-state index contributed by atoms with van der Waals surface area (Å²) in [6.07, 6.45) is 6.59. The van der Waals surface area contributed by atoms with Crippen LogP contribution in [0.15, 0.2) is 24.3 Å². The zero-order valence-electron chi connectivity index (χ0n) is 12.5. The molecule has 1 aromatic rings. The van der Waals surface area contributed by atoms with Gasteiger partial charge in [0.1, 0.15) is 11.4 Å². The molecular weight excluding hydrogens is 234 g/mol. The first-order valence-electron chi connectivity index (χ1n) is 7.21. The molecule has 0 aromatic heterocycles. The summed E-state index contributed by atoms with van der Waals surface area (Å²) in [6, 6.07) is 7.10. The summed E-state index contributed by atoms with van der Waals surface area (Å²) in [6.45, 7) is 9.61. The third-order valence-corrected chi connectivity index (χ3v) is 3.31. The van der Waals surface area contributed by atoms with Crippen LogP contribution in [0, 0.1) is 0 Å². The number of ether oxygens (including phenoxy) is 1. The van der Waals surface area contributed by atoms with Crippen LogP contribution in [0.4, 0.5) is 0 Å². The Morgan fingerprint density at radius 2 is 2.05 bits per heavy atom. The van der Waals surface area contributed by atoms with Gasteiger partial charge in [0.2, 0.25) is 0 Å². The lowest BCUT2D eigenvalue weighted by molar-refractivity contribution is 0.159. The molecule has 2 heteroatoms. The standard InChI is InChI=1S/C17H25NO/c1-13(2)18-11-5-6-14-7-8-16-15(12-14)9-10-17(3,4)19-16/h7-10,12-13,18H,5-6,11H2,1-4H3. The molecule has 19 heavy (non-hydrogen) atoms. The highest BCUT2D eigenvalue weighted by Crippen LogP contribution is 2.31. The third kappa shape index (κ3) is 4.10. The Labute approximate surface area is 116 Å². The minimum Gasteiger partial charge on any atom is -0.483 e. The summed E-state index contributed by atoms with van der Waals surface area (Å²) >= 11 is 0. The summed E-state index contributed by atoms with van der Waals surface area (Å²) in [5.74, 6) is 0.997. The molecule has 0 fully saturated rings. The molecule has 1 aliphatic rings. The molecule has 0 saturated carbocycles. The lowest BCUT2D eigenvalue weighted by Crippen LogP contribution is -2.27. The van der Waals surface area contributed by atoms with E-state index in [0.29, 0.717) is 6.04 Å². The highest BCUT2D eigenvalue weighted by Gasteiger charge is 2.21. The summed E-state index contributed by atoms with van der Waals surface area (Å²) in [5, 5.41) is 3.45. The summed E-state index contributed by atoms with van der Waals surface area (Å²) in [7, 11) is 0. The third-order valence-electron chi connectivity index (χ3n) is 3.31. The van der Waals surface area contributed by atoms with Crippen molar-refractivity contribution in [3.63, 3.8) is 0 Å². The number of nitrogens with one attached hydrogen (secondary N) is 1. The van der Waals surface area contributed by atoms with E-state index in [1.807, 2.05) is 0 Å². The number of fused-ring (bicyclic) bond motifs is 1. The van der Waals surface area contributed by atoms with Gasteiger partial charge >= 0.3 is 0 Å². The van der Waals surface area contributed by atoms with Crippen LogP contribution >= 0.6 is 0 Å². The van der Waals surface area contributed by atoms with Crippen molar-refractivity contribution in [2.75, 3.05) is 6.54 Å². The fourth-order valence-corrected chi connectivity index (χ4v) is 2.27. The van der Waals surface area contributed by atoms with Crippen molar-refractivity contribution < 1.29 is 4.74 Å². The van der Waals surface area contributed by atoms with Crippen LogP contribution in [0.3, 0.4) is 0 Å². The van der Waals surface area contributed by atoms with Crippen molar-refractivity contribution in [3.05, 3.63) is 35.4 Å². The van der Waals surface area contributed by atoms with Gasteiger partial charge in [-0.1, -0.05) is 26.0 Å². The molecule has 1 aromatic carbocycles. The Balaban J connectivity index is 1.95. The molecule has 1 N–H and O–H groups in total. The summed E-state index contributed by atoms with van der Waals surface area (Å²) in [5.41, 5.74) is 2.40. The highest BCUT2D eigenvalue weighted by atomic mass is 16.5. The van der Waals surface area contributed by atoms with Crippen LogP contribution in [-0.4, -0.2) is 18.2 Å². The topological polar surface area (TPSA) is 21.3 Å². The van der Waals surface area contributed by atoms with E-state index in [2.05, 4.69) is 63.4 Å². The van der Waals surface area contributed by atoms with Gasteiger partial charge in [-0.25, -0.2) is 0 Å². The van der Waals surface area contributed by atoms with Crippen LogP contribution in [0.2, 0.25) is 0 Å². The van der Waals surface area contributed by atoms with Crippen LogP contribution in [0.1, 0.15) is 45.2 Å². The molecule has 2 rings (SSSR count). The number of rotatable bonds is 5. The smallest absolute Gasteiger partial charge is 0.127 e. The van der Waals surface area contributed by atoms with E-state index in [9.17, 15) is 0 Å². The molecular formula is C17H25NO. The van der Waals surface area contributed by atoms with Gasteiger partial charge in [0.15, 0.2) is 0 Å². The van der Waals surface area contributed by atoms with Gasteiger partial charge in [-0.2, -0.15) is 0 Å². The number of aryl methyl sites for hydroxylation is 1. The Morgan fingerprint density at radius 3 is 2.79 bits per heavy atom. The Morgan fingerprint density at radius 1 is 1.26 bits per heavy atom. The molecule has 0 atom stereocenters. The summed E-state index contributed by atoms with van der Waals surface area (Å²) < 4.78 is 5.93. The lowest BCUT2D eigenvalue weighted by Gasteiger charge is -2.28. The average Bonchev–Trinajstić information content (AvgIpc) is 2.33. The van der Waals surface area contributed by atoms with E-state index < -0.39 is 0 Å². The molecule has 0 amide bonds. The summed E-state index contributed by atoms with van der Waals surface area (Å²) in [4.78, 5) is 0. The predicted octanol–water partition coefficient (Wildman–Crippen LogP) is 3.80. The fourth-order valence-electron chi connectivity index (χ4n) is 2.27. The maximum atomic E-state index is 5.93. The maximum Gasteiger partial charge on any atom is 0.127 e. The number of hydrogen-bond donors (Lipinski definition) is 1. The van der Waals surface area contributed by atoms with Crippen molar-refractivity contribution in [2.24, 2.45) is 0 Å². The Bertz CT molecular complexity index is 460. The van der Waals surface area contributed by atoms with Crippen LogP contribution in [0.5, 0.6) is 5.75 Å². The quantitative estimate of drug-likeness (QED) is 0.812. The number of hydrogen-bond acceptors (Lipinski definition) is 2. The van der Waals surface area contributed by atoms with E-state index in [1.54, 1.807) is 0 Å². The van der Waals surface area contributed by atoms with Crippen LogP contribution in [-0.2, 0) is 6.42 Å². The van der Waals surface area contributed by atoms with Gasteiger partial charge in [0.25, 0.3) is 0 Å². The molecule has 1 aliphatic heterocycles. The van der Waals surface area contributed by atoms with Crippen LogP contribution in [0.25, 0.3) is 6.08 Å². The SMILES string of the molecule is CC(C)NCCCc1ccc2c(c1)C=CC(C)(C)O2. The minimum absolute atomic E-state index is 0.185. The molecule has 104 valence electrons. The van der Waals surface area contributed by atoms with Gasteiger partial charge in [-0.3, -0.25) is 0 Å². The first-order valence-corrected chi connectivity index (χ1v) is 7.21. The second-order valence-electron chi connectivity index (χ2n) is 6.12. The molecule has 1 heterocycles. The predicted molar refractivity (Wildman–Crippen MR) is 81.6 cm³/mol. The van der Waals surface area contributed by atoms with E-state index in [4.69, 9.17) is 4.74 Å². The van der Waals surface area contributed by atoms with Gasteiger partial charge in [-0.15, -0.1) is 0 Å². The van der Waals surface area contributed by atoms with Crippen molar-refractivity contribution in [3.8, 4) is 5.75 Å². The highest BCUT2D eigenvalue weighted by molar-refractivity contribution is 5.61. The average molecular weight is 259 g/mol. The molecule has 0 saturated heterocycles. The Kier molecular flexibility index (Phi) is 4.31. The largest absolute Gasteiger partial charge is 0.483 e. The lowest BCUT2D eigenvalue weighted by atomic mass is 9.99. The van der Waals surface area contributed by atoms with Crippen molar-refractivity contribution in [1.29, 1.82) is 0 Å². The van der Waals surface area contributed by atoms with Crippen LogP contribution < -0.4 is 10.1 Å². The van der Waals surface area contributed by atoms with E-state index in [1.165, 1.54) is 17.5 Å². The monoisotopic (exact) mass is 259 g/mol. The first kappa shape index (κ1) is 14.1. The fraction of sp³-hybridized carbons (Fsp3) is 0.529. The Hall–Kier alpha value is -1.28. The molecule has 0 aliphatic carbocycles. The zero-order valence-corrected chi connectivity index (χ0v) is 12.5. The van der Waals surface area contributed by atoms with E-state index in [-0.39, 0.29) is 5.60 Å². The maximum absolute atomic E-state index is 5.93. The van der Waals surface area contributed by atoms with Crippen molar-refractivity contribution in [1.82, 2.24) is 5.32 Å². The van der Waals surface area contributed by atoms with Gasteiger partial charge in [-0.05, 0) is 57.0 Å². The number of benzene rings is 1. The van der Waals surface area contributed by atoms with Crippen molar-refractivity contribution in [2.45, 2.75) is 52.2 Å². The first-order chi connectivity index (χ1) is 8.96. The molecule has 0 unspecified atom stereocenters. The van der Waals surface area contributed by atoms with E-state index in [0.717, 1.165) is 18.7 Å². The second kappa shape index (κ2) is 5.79. The van der Waals surface area contributed by atoms with Crippen molar-refractivity contribution >= 4 is 6.08 Å². The minimum atomic E-state index is -0.185. The molecule has 0 bridgehead atoms. The van der Waals surface area contributed by atoms with Gasteiger partial charge in [0.05, 0.1) is 0 Å². The molecule has 2 nitrogen and oxygen atoms in total. The van der Waals surface area contributed by atoms with E-state index >= 15 is 0 Å². The van der Waals surface area contributed by atoms with Gasteiger partial charge in [0, 0.05) is 11.6 Å². The van der Waals surface area contributed by atoms with Gasteiger partial charge < -0.3 is 10.1 Å². The zero-order chi connectivity index (χ0) is 13.9.